The van der Waals surface area contributed by atoms with E-state index in [1.54, 1.807) is 4.52 Å². The van der Waals surface area contributed by atoms with Crippen LogP contribution in [0.1, 0.15) is 42.9 Å². The molecule has 0 saturated heterocycles. The minimum absolute atomic E-state index is 0.171. The molecule has 0 bridgehead atoms. The van der Waals surface area contributed by atoms with Crippen molar-refractivity contribution in [1.29, 1.82) is 0 Å². The van der Waals surface area contributed by atoms with Gasteiger partial charge in [0, 0.05) is 18.9 Å². The van der Waals surface area contributed by atoms with E-state index in [0.717, 1.165) is 28.6 Å². The zero-order valence-corrected chi connectivity index (χ0v) is 12.9. The summed E-state index contributed by atoms with van der Waals surface area (Å²) < 4.78 is 27.5. The van der Waals surface area contributed by atoms with Crippen LogP contribution in [0.4, 0.5) is 0 Å². The molecule has 3 rings (SSSR count). The van der Waals surface area contributed by atoms with Crippen molar-refractivity contribution in [2.24, 2.45) is 0 Å². The minimum Gasteiger partial charge on any atom is -0.215 e. The molecule has 9 heteroatoms. The van der Waals surface area contributed by atoms with Gasteiger partial charge in [0.05, 0.1) is 5.75 Å². The molecule has 1 aliphatic carbocycles. The molecule has 7 nitrogen and oxygen atoms in total. The average molecular weight is 315 g/mol. The Balaban J connectivity index is 1.63. The van der Waals surface area contributed by atoms with Gasteiger partial charge in [0.2, 0.25) is 15.0 Å². The number of hydrogen-bond acceptors (Lipinski definition) is 6. The zero-order chi connectivity index (χ0) is 14.2. The molecule has 2 aromatic heterocycles. The van der Waals surface area contributed by atoms with E-state index < -0.39 is 10.0 Å². The maximum atomic E-state index is 11.5. The molecule has 0 unspecified atom stereocenters. The van der Waals surface area contributed by atoms with Gasteiger partial charge in [-0.15, -0.1) is 10.2 Å². The van der Waals surface area contributed by atoms with Gasteiger partial charge in [0.25, 0.3) is 0 Å². The first-order valence-electron chi connectivity index (χ1n) is 6.77. The van der Waals surface area contributed by atoms with Crippen LogP contribution < -0.4 is 4.72 Å². The molecule has 0 aliphatic heterocycles. The second-order valence-corrected chi connectivity index (χ2v) is 7.95. The lowest BCUT2D eigenvalue weighted by Crippen LogP contribution is -2.28. The van der Waals surface area contributed by atoms with Crippen LogP contribution in [-0.4, -0.2) is 40.5 Å². The van der Waals surface area contributed by atoms with Crippen LogP contribution >= 0.6 is 11.3 Å². The molecule has 2 heterocycles. The summed E-state index contributed by atoms with van der Waals surface area (Å²) in [6.07, 6.45) is 3.52. The van der Waals surface area contributed by atoms with E-state index in [9.17, 15) is 8.42 Å². The number of rotatable bonds is 7. The normalized spacial score (nSPS) is 16.1. The average Bonchev–Trinajstić information content (AvgIpc) is 3.01. The molecule has 20 heavy (non-hydrogen) atoms. The molecule has 110 valence electrons. The van der Waals surface area contributed by atoms with Crippen molar-refractivity contribution in [3.05, 3.63) is 10.8 Å². The van der Waals surface area contributed by atoms with E-state index >= 15 is 0 Å². The van der Waals surface area contributed by atoms with Gasteiger partial charge in [0.1, 0.15) is 5.01 Å². The summed E-state index contributed by atoms with van der Waals surface area (Å²) in [6, 6.07) is 0. The topological polar surface area (TPSA) is 89.2 Å². The summed E-state index contributed by atoms with van der Waals surface area (Å²) in [7, 11) is -3.14. The van der Waals surface area contributed by atoms with Crippen molar-refractivity contribution in [1.82, 2.24) is 24.5 Å². The van der Waals surface area contributed by atoms with Crippen LogP contribution in [0.15, 0.2) is 0 Å². The lowest BCUT2D eigenvalue weighted by molar-refractivity contribution is 0.580. The molecule has 2 aromatic rings. The molecule has 1 aliphatic rings. The summed E-state index contributed by atoms with van der Waals surface area (Å²) in [5.41, 5.74) is 0. The van der Waals surface area contributed by atoms with Gasteiger partial charge < -0.3 is 0 Å². The Kier molecular flexibility index (Phi) is 3.74. The lowest BCUT2D eigenvalue weighted by Gasteiger charge is -2.03. The molecule has 0 spiro atoms. The van der Waals surface area contributed by atoms with Crippen molar-refractivity contribution in [3.63, 3.8) is 0 Å². The highest BCUT2D eigenvalue weighted by atomic mass is 32.2. The van der Waals surface area contributed by atoms with Gasteiger partial charge in [-0.1, -0.05) is 18.3 Å². The number of nitrogens with zero attached hydrogens (tertiary/aromatic N) is 4. The maximum absolute atomic E-state index is 11.5. The SMILES string of the molecule is CCCS(=O)(=O)NCCc1nn2c(C3CC3)nnc2s1. The first kappa shape index (κ1) is 13.9. The number of nitrogens with one attached hydrogen (secondary N) is 1. The fourth-order valence-electron chi connectivity index (χ4n) is 2.02. The Labute approximate surface area is 121 Å². The second kappa shape index (κ2) is 5.38. The first-order valence-corrected chi connectivity index (χ1v) is 9.24. The molecular formula is C11H17N5O2S2. The molecule has 1 N–H and O–H groups in total. The highest BCUT2D eigenvalue weighted by Gasteiger charge is 2.29. The third-order valence-electron chi connectivity index (χ3n) is 3.13. The predicted octanol–water partition coefficient (Wildman–Crippen LogP) is 0.935. The van der Waals surface area contributed by atoms with Crippen molar-refractivity contribution in [2.75, 3.05) is 12.3 Å². The van der Waals surface area contributed by atoms with Gasteiger partial charge in [-0.2, -0.15) is 9.61 Å². The van der Waals surface area contributed by atoms with Crippen LogP contribution in [0.5, 0.6) is 0 Å². The van der Waals surface area contributed by atoms with Crippen molar-refractivity contribution >= 4 is 26.3 Å². The Morgan fingerprint density at radius 3 is 2.90 bits per heavy atom. The lowest BCUT2D eigenvalue weighted by atomic mass is 10.4. The molecule has 1 saturated carbocycles. The minimum atomic E-state index is -3.14. The van der Waals surface area contributed by atoms with E-state index in [4.69, 9.17) is 0 Å². The highest BCUT2D eigenvalue weighted by Crippen LogP contribution is 2.39. The number of aromatic nitrogens is 4. The standard InChI is InChI=1S/C11H17N5O2S2/c1-2-7-20(17,18)12-6-5-9-15-16-10(8-3-4-8)13-14-11(16)19-9/h8,12H,2-7H2,1H3. The van der Waals surface area contributed by atoms with Crippen LogP contribution in [0.2, 0.25) is 0 Å². The summed E-state index contributed by atoms with van der Waals surface area (Å²) >= 11 is 1.47. The summed E-state index contributed by atoms with van der Waals surface area (Å²) in [5.74, 6) is 1.61. The van der Waals surface area contributed by atoms with Gasteiger partial charge in [-0.25, -0.2) is 13.1 Å². The van der Waals surface area contributed by atoms with E-state index in [2.05, 4.69) is 20.0 Å². The van der Waals surface area contributed by atoms with Gasteiger partial charge in [-0.05, 0) is 19.3 Å². The molecule has 0 aromatic carbocycles. The van der Waals surface area contributed by atoms with Gasteiger partial charge in [-0.3, -0.25) is 0 Å². The third-order valence-corrected chi connectivity index (χ3v) is 5.68. The maximum Gasteiger partial charge on any atom is 0.234 e. The Hall–Kier alpha value is -1.06. The highest BCUT2D eigenvalue weighted by molar-refractivity contribution is 7.89. The number of fused-ring (bicyclic) bond motifs is 1. The Bertz CT molecular complexity index is 702. The van der Waals surface area contributed by atoms with Crippen molar-refractivity contribution in [3.8, 4) is 0 Å². The van der Waals surface area contributed by atoms with E-state index in [1.807, 2.05) is 6.92 Å². The van der Waals surface area contributed by atoms with Crippen LogP contribution in [0.25, 0.3) is 4.96 Å². The van der Waals surface area contributed by atoms with Crippen LogP contribution in [0.3, 0.4) is 0 Å². The fourth-order valence-corrected chi connectivity index (χ4v) is 3.96. The molecular weight excluding hydrogens is 298 g/mol. The third kappa shape index (κ3) is 2.99. The van der Waals surface area contributed by atoms with Crippen molar-refractivity contribution < 1.29 is 8.42 Å². The second-order valence-electron chi connectivity index (χ2n) is 4.99. The van der Waals surface area contributed by atoms with Crippen LogP contribution in [0, 0.1) is 0 Å². The number of sulfonamides is 1. The molecule has 0 atom stereocenters. The Morgan fingerprint density at radius 1 is 1.40 bits per heavy atom. The van der Waals surface area contributed by atoms with Crippen LogP contribution in [-0.2, 0) is 16.4 Å². The molecule has 1 fully saturated rings. The van der Waals surface area contributed by atoms with Crippen molar-refractivity contribution in [2.45, 2.75) is 38.5 Å². The van der Waals surface area contributed by atoms with Gasteiger partial charge >= 0.3 is 0 Å². The Morgan fingerprint density at radius 2 is 2.20 bits per heavy atom. The van der Waals surface area contributed by atoms with E-state index in [-0.39, 0.29) is 5.75 Å². The quantitative estimate of drug-likeness (QED) is 0.821. The fraction of sp³-hybridized carbons (Fsp3) is 0.727. The molecule has 0 radical (unpaired) electrons. The van der Waals surface area contributed by atoms with E-state index in [0.29, 0.717) is 25.3 Å². The smallest absolute Gasteiger partial charge is 0.215 e. The number of hydrogen-bond donors (Lipinski definition) is 1. The largest absolute Gasteiger partial charge is 0.234 e. The monoisotopic (exact) mass is 315 g/mol. The summed E-state index contributed by atoms with van der Waals surface area (Å²) in [4.78, 5) is 0.790. The van der Waals surface area contributed by atoms with Gasteiger partial charge in [0.15, 0.2) is 5.82 Å². The zero-order valence-electron chi connectivity index (χ0n) is 11.2. The van der Waals surface area contributed by atoms with E-state index in [1.165, 1.54) is 11.3 Å². The summed E-state index contributed by atoms with van der Waals surface area (Å²) in [5, 5.41) is 13.6. The summed E-state index contributed by atoms with van der Waals surface area (Å²) in [6.45, 7) is 2.23. The molecule has 0 amide bonds. The first-order chi connectivity index (χ1) is 9.59. The predicted molar refractivity (Wildman–Crippen MR) is 76.4 cm³/mol.